The smallest absolute Gasteiger partial charge is 0.244 e. The fourth-order valence-electron chi connectivity index (χ4n) is 2.35. The first-order valence-electron chi connectivity index (χ1n) is 6.34. The Kier molecular flexibility index (Phi) is 4.66. The van der Waals surface area contributed by atoms with Crippen LogP contribution in [0.3, 0.4) is 0 Å². The van der Waals surface area contributed by atoms with Gasteiger partial charge in [-0.3, -0.25) is 0 Å². The molecule has 0 bridgehead atoms. The van der Waals surface area contributed by atoms with Gasteiger partial charge in [-0.05, 0) is 55.0 Å². The topological polar surface area (TPSA) is 40.6 Å². The van der Waals surface area contributed by atoms with Gasteiger partial charge in [0.1, 0.15) is 0 Å². The molecule has 1 aromatic carbocycles. The van der Waals surface area contributed by atoms with Crippen LogP contribution in [0.2, 0.25) is 0 Å². The molecule has 106 valence electrons. The standard InChI is InChI=1S/C13H19BrN2O2S/c1-15(2)11-6-5-9-16(10-11)19(17,18)13-8-4-3-7-12(13)14/h3-4,7-8,11H,5-6,9-10H2,1-2H3/t11-/m0/s1. The molecule has 0 radical (unpaired) electrons. The van der Waals surface area contributed by atoms with Crippen LogP contribution in [-0.4, -0.2) is 50.8 Å². The van der Waals surface area contributed by atoms with E-state index in [1.807, 2.05) is 20.2 Å². The molecule has 1 atom stereocenters. The van der Waals surface area contributed by atoms with E-state index in [9.17, 15) is 8.42 Å². The number of sulfonamides is 1. The summed E-state index contributed by atoms with van der Waals surface area (Å²) in [6, 6.07) is 7.29. The highest BCUT2D eigenvalue weighted by Gasteiger charge is 2.31. The molecule has 0 spiro atoms. The van der Waals surface area contributed by atoms with Gasteiger partial charge in [-0.15, -0.1) is 0 Å². The summed E-state index contributed by atoms with van der Waals surface area (Å²) in [5.41, 5.74) is 0. The minimum atomic E-state index is -3.40. The Morgan fingerprint density at radius 3 is 2.63 bits per heavy atom. The quantitative estimate of drug-likeness (QED) is 0.841. The zero-order valence-corrected chi connectivity index (χ0v) is 13.6. The molecule has 4 nitrogen and oxygen atoms in total. The van der Waals surface area contributed by atoms with Crippen molar-refractivity contribution in [2.75, 3.05) is 27.2 Å². The Hall–Kier alpha value is -0.430. The maximum absolute atomic E-state index is 12.7. The minimum Gasteiger partial charge on any atom is -0.305 e. The summed E-state index contributed by atoms with van der Waals surface area (Å²) in [5, 5.41) is 0. The Balaban J connectivity index is 2.28. The molecule has 1 heterocycles. The molecule has 0 saturated carbocycles. The summed E-state index contributed by atoms with van der Waals surface area (Å²) in [7, 11) is 0.599. The summed E-state index contributed by atoms with van der Waals surface area (Å²) in [5.74, 6) is 0. The van der Waals surface area contributed by atoms with E-state index >= 15 is 0 Å². The van der Waals surface area contributed by atoms with Crippen molar-refractivity contribution in [3.05, 3.63) is 28.7 Å². The van der Waals surface area contributed by atoms with E-state index in [0.29, 0.717) is 28.5 Å². The number of piperidine rings is 1. The number of nitrogens with zero attached hydrogens (tertiary/aromatic N) is 2. The molecule has 0 aliphatic carbocycles. The number of rotatable bonds is 3. The highest BCUT2D eigenvalue weighted by atomic mass is 79.9. The maximum atomic E-state index is 12.7. The molecular formula is C13H19BrN2O2S. The summed E-state index contributed by atoms with van der Waals surface area (Å²) in [6.45, 7) is 1.17. The van der Waals surface area contributed by atoms with Gasteiger partial charge < -0.3 is 4.90 Å². The van der Waals surface area contributed by atoms with Crippen LogP contribution in [0, 0.1) is 0 Å². The number of likely N-dealkylation sites (N-methyl/N-ethyl adjacent to an activating group) is 1. The van der Waals surface area contributed by atoms with E-state index in [2.05, 4.69) is 20.8 Å². The molecule has 2 rings (SSSR count). The number of hydrogen-bond donors (Lipinski definition) is 0. The van der Waals surface area contributed by atoms with Gasteiger partial charge in [-0.25, -0.2) is 8.42 Å². The summed E-state index contributed by atoms with van der Waals surface area (Å²) in [4.78, 5) is 2.45. The molecule has 0 unspecified atom stereocenters. The predicted molar refractivity (Wildman–Crippen MR) is 79.6 cm³/mol. The zero-order valence-electron chi connectivity index (χ0n) is 11.2. The fraction of sp³-hybridized carbons (Fsp3) is 0.538. The lowest BCUT2D eigenvalue weighted by molar-refractivity contribution is 0.190. The first-order chi connectivity index (χ1) is 8.93. The van der Waals surface area contributed by atoms with Crippen molar-refractivity contribution in [1.82, 2.24) is 9.21 Å². The van der Waals surface area contributed by atoms with Gasteiger partial charge in [-0.1, -0.05) is 12.1 Å². The second-order valence-electron chi connectivity index (χ2n) is 5.05. The third-order valence-electron chi connectivity index (χ3n) is 3.54. The van der Waals surface area contributed by atoms with E-state index in [0.717, 1.165) is 12.8 Å². The summed E-state index contributed by atoms with van der Waals surface area (Å²) >= 11 is 3.33. The van der Waals surface area contributed by atoms with Crippen molar-refractivity contribution in [1.29, 1.82) is 0 Å². The highest BCUT2D eigenvalue weighted by Crippen LogP contribution is 2.27. The van der Waals surface area contributed by atoms with Gasteiger partial charge in [-0.2, -0.15) is 4.31 Å². The van der Waals surface area contributed by atoms with Gasteiger partial charge in [0, 0.05) is 23.6 Å². The van der Waals surface area contributed by atoms with Crippen LogP contribution in [0.1, 0.15) is 12.8 Å². The van der Waals surface area contributed by atoms with E-state index in [1.54, 1.807) is 22.5 Å². The van der Waals surface area contributed by atoms with Crippen LogP contribution < -0.4 is 0 Å². The first kappa shape index (κ1) is 15.0. The third kappa shape index (κ3) is 3.18. The van der Waals surface area contributed by atoms with Gasteiger partial charge in [0.25, 0.3) is 0 Å². The van der Waals surface area contributed by atoms with Crippen LogP contribution in [0.5, 0.6) is 0 Å². The molecule has 0 N–H and O–H groups in total. The number of benzene rings is 1. The Bertz CT molecular complexity index is 545. The molecular weight excluding hydrogens is 328 g/mol. The normalized spacial score (nSPS) is 21.8. The molecule has 6 heteroatoms. The summed E-state index contributed by atoms with van der Waals surface area (Å²) < 4.78 is 27.5. The van der Waals surface area contributed by atoms with E-state index in [-0.39, 0.29) is 0 Å². The molecule has 1 aliphatic heterocycles. The SMILES string of the molecule is CN(C)[C@H]1CCCN(S(=O)(=O)c2ccccc2Br)C1. The maximum Gasteiger partial charge on any atom is 0.244 e. The molecule has 19 heavy (non-hydrogen) atoms. The van der Waals surface area contributed by atoms with Crippen molar-refractivity contribution in [3.63, 3.8) is 0 Å². The molecule has 1 fully saturated rings. The largest absolute Gasteiger partial charge is 0.305 e. The lowest BCUT2D eigenvalue weighted by atomic mass is 10.1. The van der Waals surface area contributed by atoms with E-state index in [4.69, 9.17) is 0 Å². The van der Waals surface area contributed by atoms with Gasteiger partial charge in [0.15, 0.2) is 0 Å². The zero-order chi connectivity index (χ0) is 14.0. The molecule has 1 aliphatic rings. The Morgan fingerprint density at radius 2 is 2.00 bits per heavy atom. The van der Waals surface area contributed by atoms with Crippen LogP contribution in [0.4, 0.5) is 0 Å². The van der Waals surface area contributed by atoms with Crippen molar-refractivity contribution in [3.8, 4) is 0 Å². The van der Waals surface area contributed by atoms with Gasteiger partial charge in [0.05, 0.1) is 4.90 Å². The first-order valence-corrected chi connectivity index (χ1v) is 8.57. The number of hydrogen-bond acceptors (Lipinski definition) is 3. The van der Waals surface area contributed by atoms with Crippen LogP contribution in [-0.2, 0) is 10.0 Å². The Labute approximate surface area is 123 Å². The van der Waals surface area contributed by atoms with Gasteiger partial charge in [0.2, 0.25) is 10.0 Å². The third-order valence-corrected chi connectivity index (χ3v) is 6.42. The molecule has 1 aromatic rings. The van der Waals surface area contributed by atoms with E-state index in [1.165, 1.54) is 0 Å². The van der Waals surface area contributed by atoms with Crippen molar-refractivity contribution >= 4 is 26.0 Å². The van der Waals surface area contributed by atoms with Crippen molar-refractivity contribution in [2.45, 2.75) is 23.8 Å². The monoisotopic (exact) mass is 346 g/mol. The van der Waals surface area contributed by atoms with Gasteiger partial charge >= 0.3 is 0 Å². The highest BCUT2D eigenvalue weighted by molar-refractivity contribution is 9.10. The second kappa shape index (κ2) is 5.91. The summed E-state index contributed by atoms with van der Waals surface area (Å²) in [6.07, 6.45) is 1.96. The van der Waals surface area contributed by atoms with Crippen LogP contribution in [0.25, 0.3) is 0 Å². The average Bonchev–Trinajstić information content (AvgIpc) is 2.39. The van der Waals surface area contributed by atoms with Crippen molar-refractivity contribution < 1.29 is 8.42 Å². The van der Waals surface area contributed by atoms with Crippen LogP contribution >= 0.6 is 15.9 Å². The second-order valence-corrected chi connectivity index (χ2v) is 7.81. The predicted octanol–water partition coefficient (Wildman–Crippen LogP) is 2.16. The lowest BCUT2D eigenvalue weighted by Gasteiger charge is -2.35. The molecule has 0 aromatic heterocycles. The van der Waals surface area contributed by atoms with Crippen molar-refractivity contribution in [2.24, 2.45) is 0 Å². The number of halogens is 1. The van der Waals surface area contributed by atoms with E-state index < -0.39 is 10.0 Å². The fourth-order valence-corrected chi connectivity index (χ4v) is 4.83. The Morgan fingerprint density at radius 1 is 1.32 bits per heavy atom. The van der Waals surface area contributed by atoms with Crippen LogP contribution in [0.15, 0.2) is 33.6 Å². The molecule has 1 saturated heterocycles. The minimum absolute atomic E-state index is 0.297. The average molecular weight is 347 g/mol. The lowest BCUT2D eigenvalue weighted by Crippen LogP contribution is -2.47. The molecule has 0 amide bonds.